The Morgan fingerprint density at radius 2 is 2.18 bits per heavy atom. The third kappa shape index (κ3) is 3.64. The zero-order chi connectivity index (χ0) is 12.8. The van der Waals surface area contributed by atoms with Gasteiger partial charge in [0.2, 0.25) is 0 Å². The highest BCUT2D eigenvalue weighted by molar-refractivity contribution is 5.75. The molecular formula is C12H17NO4. The van der Waals surface area contributed by atoms with Crippen molar-refractivity contribution in [1.82, 2.24) is 5.32 Å². The second-order valence-corrected chi connectivity index (χ2v) is 3.63. The van der Waals surface area contributed by atoms with Crippen molar-refractivity contribution >= 4 is 5.97 Å². The highest BCUT2D eigenvalue weighted by atomic mass is 16.5. The number of carbonyl (C=O) groups is 1. The van der Waals surface area contributed by atoms with E-state index >= 15 is 0 Å². The number of esters is 1. The van der Waals surface area contributed by atoms with Gasteiger partial charge in [0.05, 0.1) is 14.2 Å². The van der Waals surface area contributed by atoms with E-state index < -0.39 is 0 Å². The molecule has 0 saturated heterocycles. The van der Waals surface area contributed by atoms with Crippen molar-refractivity contribution in [3.8, 4) is 11.5 Å². The van der Waals surface area contributed by atoms with Crippen molar-refractivity contribution < 1.29 is 19.4 Å². The minimum atomic E-state index is -0.385. The van der Waals surface area contributed by atoms with Gasteiger partial charge in [-0.3, -0.25) is 4.79 Å². The van der Waals surface area contributed by atoms with Crippen molar-refractivity contribution in [1.29, 1.82) is 0 Å². The molecule has 0 bridgehead atoms. The van der Waals surface area contributed by atoms with Gasteiger partial charge < -0.3 is 19.9 Å². The van der Waals surface area contributed by atoms with Crippen LogP contribution in [0.4, 0.5) is 0 Å². The Bertz CT molecular complexity index is 392. The van der Waals surface area contributed by atoms with E-state index in [-0.39, 0.29) is 17.8 Å². The van der Waals surface area contributed by atoms with E-state index in [1.165, 1.54) is 14.2 Å². The molecule has 1 atom stereocenters. The Morgan fingerprint density at radius 3 is 2.71 bits per heavy atom. The van der Waals surface area contributed by atoms with E-state index in [9.17, 15) is 9.90 Å². The molecule has 0 radical (unpaired) electrons. The van der Waals surface area contributed by atoms with Gasteiger partial charge in [-0.15, -0.1) is 0 Å². The number of phenolic OH excluding ortho intramolecular Hbond substituents is 1. The molecule has 0 aliphatic heterocycles. The fourth-order valence-electron chi connectivity index (χ4n) is 1.38. The molecular weight excluding hydrogens is 222 g/mol. The van der Waals surface area contributed by atoms with Gasteiger partial charge in [-0.25, -0.2) is 0 Å². The van der Waals surface area contributed by atoms with E-state index in [1.54, 1.807) is 19.1 Å². The molecule has 17 heavy (non-hydrogen) atoms. The Morgan fingerprint density at radius 1 is 1.47 bits per heavy atom. The standard InChI is InChI=1S/C12H17NO4/c1-8(12(15)17-3)13-7-9-4-5-11(16-2)10(14)6-9/h4-6,8,13-14H,7H2,1-3H3. The van der Waals surface area contributed by atoms with Crippen LogP contribution >= 0.6 is 0 Å². The first-order valence-electron chi connectivity index (χ1n) is 5.25. The first-order valence-corrected chi connectivity index (χ1v) is 5.25. The van der Waals surface area contributed by atoms with Gasteiger partial charge >= 0.3 is 5.97 Å². The van der Waals surface area contributed by atoms with Crippen molar-refractivity contribution in [2.24, 2.45) is 0 Å². The molecule has 0 saturated carbocycles. The maximum Gasteiger partial charge on any atom is 0.322 e. The third-order valence-corrected chi connectivity index (χ3v) is 2.41. The topological polar surface area (TPSA) is 67.8 Å². The summed E-state index contributed by atoms with van der Waals surface area (Å²) in [6.45, 7) is 2.18. The van der Waals surface area contributed by atoms with Crippen molar-refractivity contribution in [3.63, 3.8) is 0 Å². The highest BCUT2D eigenvalue weighted by Gasteiger charge is 2.12. The number of hydrogen-bond acceptors (Lipinski definition) is 5. The summed E-state index contributed by atoms with van der Waals surface area (Å²) in [5, 5.41) is 12.6. The molecule has 0 heterocycles. The molecule has 1 rings (SSSR count). The van der Waals surface area contributed by atoms with E-state index in [4.69, 9.17) is 4.74 Å². The number of carbonyl (C=O) groups excluding carboxylic acids is 1. The predicted molar refractivity (Wildman–Crippen MR) is 63.0 cm³/mol. The van der Waals surface area contributed by atoms with Crippen LogP contribution in [0.2, 0.25) is 0 Å². The number of nitrogens with one attached hydrogen (secondary N) is 1. The van der Waals surface area contributed by atoms with Gasteiger partial charge in [-0.05, 0) is 24.6 Å². The average Bonchev–Trinajstić information content (AvgIpc) is 2.35. The van der Waals surface area contributed by atoms with Crippen LogP contribution < -0.4 is 10.1 Å². The zero-order valence-electron chi connectivity index (χ0n) is 10.2. The first-order chi connectivity index (χ1) is 8.08. The van der Waals surface area contributed by atoms with Crippen LogP contribution in [0.3, 0.4) is 0 Å². The fraction of sp³-hybridized carbons (Fsp3) is 0.417. The molecule has 0 aliphatic carbocycles. The number of aromatic hydroxyl groups is 1. The zero-order valence-corrected chi connectivity index (χ0v) is 10.2. The van der Waals surface area contributed by atoms with Gasteiger partial charge in [-0.1, -0.05) is 6.07 Å². The second kappa shape index (κ2) is 6.10. The number of benzene rings is 1. The number of hydrogen-bond donors (Lipinski definition) is 2. The molecule has 0 amide bonds. The third-order valence-electron chi connectivity index (χ3n) is 2.41. The molecule has 2 N–H and O–H groups in total. The van der Waals surface area contributed by atoms with Crippen molar-refractivity contribution in [2.45, 2.75) is 19.5 Å². The largest absolute Gasteiger partial charge is 0.504 e. The molecule has 5 nitrogen and oxygen atoms in total. The summed E-state index contributed by atoms with van der Waals surface area (Å²) < 4.78 is 9.53. The minimum absolute atomic E-state index is 0.0810. The monoisotopic (exact) mass is 239 g/mol. The summed E-state index contributed by atoms with van der Waals surface area (Å²) in [5.74, 6) is 0.190. The normalized spacial score (nSPS) is 11.9. The van der Waals surface area contributed by atoms with Crippen LogP contribution in [0, 0.1) is 0 Å². The predicted octanol–water partition coefficient (Wildman–Crippen LogP) is 1.05. The molecule has 1 aromatic carbocycles. The molecule has 94 valence electrons. The molecule has 0 fully saturated rings. The number of phenols is 1. The number of methoxy groups -OCH3 is 2. The van der Waals surface area contributed by atoms with Gasteiger partial charge in [-0.2, -0.15) is 0 Å². The second-order valence-electron chi connectivity index (χ2n) is 3.63. The Kier molecular flexibility index (Phi) is 4.78. The molecule has 0 spiro atoms. The summed E-state index contributed by atoms with van der Waals surface area (Å²) in [6.07, 6.45) is 0. The quantitative estimate of drug-likeness (QED) is 0.752. The van der Waals surface area contributed by atoms with Crippen LogP contribution in [-0.2, 0) is 16.1 Å². The summed E-state index contributed by atoms with van der Waals surface area (Å²) in [5.41, 5.74) is 0.860. The van der Waals surface area contributed by atoms with Crippen LogP contribution in [-0.4, -0.2) is 31.3 Å². The van der Waals surface area contributed by atoms with Gasteiger partial charge in [0.1, 0.15) is 6.04 Å². The van der Waals surface area contributed by atoms with Crippen LogP contribution in [0.5, 0.6) is 11.5 Å². The molecule has 0 aromatic heterocycles. The SMILES string of the molecule is COC(=O)C(C)NCc1ccc(OC)c(O)c1. The summed E-state index contributed by atoms with van der Waals surface area (Å²) in [7, 11) is 2.84. The lowest BCUT2D eigenvalue weighted by Crippen LogP contribution is -2.34. The maximum atomic E-state index is 11.1. The lowest BCUT2D eigenvalue weighted by Gasteiger charge is -2.12. The molecule has 1 aromatic rings. The van der Waals surface area contributed by atoms with Crippen molar-refractivity contribution in [2.75, 3.05) is 14.2 Å². The van der Waals surface area contributed by atoms with Gasteiger partial charge in [0.25, 0.3) is 0 Å². The van der Waals surface area contributed by atoms with Gasteiger partial charge in [0, 0.05) is 6.54 Å². The minimum Gasteiger partial charge on any atom is -0.504 e. The Hall–Kier alpha value is -1.75. The van der Waals surface area contributed by atoms with Gasteiger partial charge in [0.15, 0.2) is 11.5 Å². The van der Waals surface area contributed by atoms with E-state index in [1.807, 2.05) is 6.07 Å². The van der Waals surface area contributed by atoms with E-state index in [2.05, 4.69) is 10.1 Å². The number of ether oxygens (including phenoxy) is 2. The Balaban J connectivity index is 2.58. The number of rotatable bonds is 5. The van der Waals surface area contributed by atoms with E-state index in [0.717, 1.165) is 5.56 Å². The molecule has 1 unspecified atom stereocenters. The smallest absolute Gasteiger partial charge is 0.322 e. The fourth-order valence-corrected chi connectivity index (χ4v) is 1.38. The summed E-state index contributed by atoms with van der Waals surface area (Å²) in [4.78, 5) is 11.1. The van der Waals surface area contributed by atoms with E-state index in [0.29, 0.717) is 12.3 Å². The van der Waals surface area contributed by atoms with Crippen LogP contribution in [0.1, 0.15) is 12.5 Å². The lowest BCUT2D eigenvalue weighted by atomic mass is 10.2. The maximum absolute atomic E-state index is 11.1. The first kappa shape index (κ1) is 13.3. The highest BCUT2D eigenvalue weighted by Crippen LogP contribution is 2.26. The van der Waals surface area contributed by atoms with Crippen molar-refractivity contribution in [3.05, 3.63) is 23.8 Å². The Labute approximate surface area is 100 Å². The lowest BCUT2D eigenvalue weighted by molar-refractivity contribution is -0.142. The van der Waals surface area contributed by atoms with Crippen LogP contribution in [0.25, 0.3) is 0 Å². The summed E-state index contributed by atoms with van der Waals surface area (Å²) in [6, 6.07) is 4.70. The summed E-state index contributed by atoms with van der Waals surface area (Å²) >= 11 is 0. The molecule has 0 aliphatic rings. The molecule has 5 heteroatoms. The van der Waals surface area contributed by atoms with Crippen LogP contribution in [0.15, 0.2) is 18.2 Å². The average molecular weight is 239 g/mol.